The molecule has 1 unspecified atom stereocenters. The van der Waals surface area contributed by atoms with Crippen LogP contribution < -0.4 is 4.90 Å². The Kier molecular flexibility index (Phi) is 2.59. The van der Waals surface area contributed by atoms with E-state index in [1.165, 1.54) is 5.69 Å². The number of hydrogen-bond acceptors (Lipinski definition) is 2. The highest BCUT2D eigenvalue weighted by molar-refractivity contribution is 9.10. The molecule has 74 valence electrons. The monoisotopic (exact) mass is 253 g/mol. The SMILES string of the molecule is CCN1CC(C=O)c2c(Br)cccc21. The van der Waals surface area contributed by atoms with Crippen molar-refractivity contribution >= 4 is 27.9 Å². The lowest BCUT2D eigenvalue weighted by Gasteiger charge is -2.16. The molecule has 2 nitrogen and oxygen atoms in total. The van der Waals surface area contributed by atoms with Crippen molar-refractivity contribution in [3.05, 3.63) is 28.2 Å². The molecular weight excluding hydrogens is 242 g/mol. The first kappa shape index (κ1) is 9.71. The van der Waals surface area contributed by atoms with E-state index in [0.717, 1.165) is 29.4 Å². The molecular formula is C11H12BrNO. The van der Waals surface area contributed by atoms with E-state index in [1.807, 2.05) is 12.1 Å². The van der Waals surface area contributed by atoms with Gasteiger partial charge in [-0.3, -0.25) is 0 Å². The Bertz CT molecular complexity index is 364. The molecule has 0 bridgehead atoms. The molecule has 1 aliphatic rings. The molecule has 1 heterocycles. The quantitative estimate of drug-likeness (QED) is 0.756. The van der Waals surface area contributed by atoms with E-state index >= 15 is 0 Å². The number of carbonyl (C=O) groups excluding carboxylic acids is 1. The molecule has 1 aliphatic heterocycles. The molecule has 0 aliphatic carbocycles. The number of nitrogens with zero attached hydrogens (tertiary/aromatic N) is 1. The smallest absolute Gasteiger partial charge is 0.129 e. The van der Waals surface area contributed by atoms with Crippen molar-refractivity contribution in [3.8, 4) is 0 Å². The minimum absolute atomic E-state index is 0.0283. The van der Waals surface area contributed by atoms with E-state index in [4.69, 9.17) is 0 Å². The molecule has 1 atom stereocenters. The van der Waals surface area contributed by atoms with E-state index in [-0.39, 0.29) is 5.92 Å². The summed E-state index contributed by atoms with van der Waals surface area (Å²) in [6.45, 7) is 3.88. The predicted octanol–water partition coefficient (Wildman–Crippen LogP) is 2.57. The molecule has 0 amide bonds. The summed E-state index contributed by atoms with van der Waals surface area (Å²) >= 11 is 3.50. The van der Waals surface area contributed by atoms with Crippen molar-refractivity contribution in [1.29, 1.82) is 0 Å². The Labute approximate surface area is 92.0 Å². The summed E-state index contributed by atoms with van der Waals surface area (Å²) in [6, 6.07) is 6.08. The van der Waals surface area contributed by atoms with Crippen LogP contribution >= 0.6 is 15.9 Å². The number of aldehydes is 1. The van der Waals surface area contributed by atoms with Crippen LogP contribution in [0, 0.1) is 0 Å². The number of fused-ring (bicyclic) bond motifs is 1. The van der Waals surface area contributed by atoms with Crippen LogP contribution in [-0.4, -0.2) is 19.4 Å². The van der Waals surface area contributed by atoms with Gasteiger partial charge in [-0.25, -0.2) is 0 Å². The molecule has 1 aromatic rings. The number of hydrogen-bond donors (Lipinski definition) is 0. The molecule has 0 fully saturated rings. The minimum Gasteiger partial charge on any atom is -0.370 e. The van der Waals surface area contributed by atoms with Gasteiger partial charge in [0.15, 0.2) is 0 Å². The summed E-state index contributed by atoms with van der Waals surface area (Å²) in [5.41, 5.74) is 2.34. The maximum absolute atomic E-state index is 10.9. The van der Waals surface area contributed by atoms with Gasteiger partial charge >= 0.3 is 0 Å². The second-order valence-electron chi connectivity index (χ2n) is 3.45. The van der Waals surface area contributed by atoms with Crippen LogP contribution in [-0.2, 0) is 4.79 Å². The third kappa shape index (κ3) is 1.36. The number of anilines is 1. The van der Waals surface area contributed by atoms with Gasteiger partial charge in [0.1, 0.15) is 6.29 Å². The van der Waals surface area contributed by atoms with Gasteiger partial charge in [0.2, 0.25) is 0 Å². The van der Waals surface area contributed by atoms with E-state index < -0.39 is 0 Å². The normalized spacial score (nSPS) is 19.6. The third-order valence-corrected chi connectivity index (χ3v) is 3.40. The van der Waals surface area contributed by atoms with Crippen molar-refractivity contribution < 1.29 is 4.79 Å². The standard InChI is InChI=1S/C11H12BrNO/c1-2-13-6-8(7-14)11-9(12)4-3-5-10(11)13/h3-5,7-8H,2,6H2,1H3. The van der Waals surface area contributed by atoms with Crippen LogP contribution in [0.25, 0.3) is 0 Å². The van der Waals surface area contributed by atoms with Gasteiger partial charge in [-0.15, -0.1) is 0 Å². The fraction of sp³-hybridized carbons (Fsp3) is 0.364. The first-order valence-electron chi connectivity index (χ1n) is 4.76. The first-order valence-corrected chi connectivity index (χ1v) is 5.56. The van der Waals surface area contributed by atoms with Crippen LogP contribution in [0.2, 0.25) is 0 Å². The first-order chi connectivity index (χ1) is 6.77. The lowest BCUT2D eigenvalue weighted by atomic mass is 10.0. The van der Waals surface area contributed by atoms with Gasteiger partial charge < -0.3 is 9.69 Å². The zero-order valence-electron chi connectivity index (χ0n) is 8.03. The van der Waals surface area contributed by atoms with Crippen molar-refractivity contribution in [3.63, 3.8) is 0 Å². The lowest BCUT2D eigenvalue weighted by Crippen LogP contribution is -2.21. The summed E-state index contributed by atoms with van der Waals surface area (Å²) in [4.78, 5) is 13.2. The van der Waals surface area contributed by atoms with Crippen molar-refractivity contribution in [1.82, 2.24) is 0 Å². The average Bonchev–Trinajstić information content (AvgIpc) is 2.57. The van der Waals surface area contributed by atoms with Crippen LogP contribution in [0.4, 0.5) is 5.69 Å². The molecule has 0 aromatic heterocycles. The summed E-state index contributed by atoms with van der Waals surface area (Å²) in [5.74, 6) is 0.0283. The fourth-order valence-electron chi connectivity index (χ4n) is 2.01. The van der Waals surface area contributed by atoms with Crippen LogP contribution in [0.3, 0.4) is 0 Å². The predicted molar refractivity (Wildman–Crippen MR) is 60.8 cm³/mol. The Hall–Kier alpha value is -0.830. The summed E-state index contributed by atoms with van der Waals surface area (Å²) < 4.78 is 1.04. The van der Waals surface area contributed by atoms with Gasteiger partial charge in [-0.1, -0.05) is 22.0 Å². The van der Waals surface area contributed by atoms with E-state index in [9.17, 15) is 4.79 Å². The second kappa shape index (κ2) is 3.73. The fourth-order valence-corrected chi connectivity index (χ4v) is 2.66. The van der Waals surface area contributed by atoms with Gasteiger partial charge in [0.05, 0.1) is 5.92 Å². The summed E-state index contributed by atoms with van der Waals surface area (Å²) in [6.07, 6.45) is 1.04. The molecule has 0 saturated carbocycles. The molecule has 0 spiro atoms. The largest absolute Gasteiger partial charge is 0.370 e. The maximum atomic E-state index is 10.9. The molecule has 0 radical (unpaired) electrons. The Morgan fingerprint density at radius 1 is 1.64 bits per heavy atom. The Morgan fingerprint density at radius 3 is 3.07 bits per heavy atom. The summed E-state index contributed by atoms with van der Waals surface area (Å²) in [7, 11) is 0. The van der Waals surface area contributed by atoms with Crippen molar-refractivity contribution in [2.24, 2.45) is 0 Å². The molecule has 1 aromatic carbocycles. The zero-order chi connectivity index (χ0) is 10.1. The Morgan fingerprint density at radius 2 is 2.43 bits per heavy atom. The lowest BCUT2D eigenvalue weighted by molar-refractivity contribution is -0.108. The highest BCUT2D eigenvalue weighted by Crippen LogP contribution is 2.39. The second-order valence-corrected chi connectivity index (χ2v) is 4.31. The van der Waals surface area contributed by atoms with Gasteiger partial charge in [-0.05, 0) is 19.1 Å². The Balaban J connectivity index is 2.52. The number of carbonyl (C=O) groups is 1. The average molecular weight is 254 g/mol. The highest BCUT2D eigenvalue weighted by Gasteiger charge is 2.28. The van der Waals surface area contributed by atoms with Gasteiger partial charge in [0.25, 0.3) is 0 Å². The zero-order valence-corrected chi connectivity index (χ0v) is 9.62. The van der Waals surface area contributed by atoms with Gasteiger partial charge in [0, 0.05) is 28.8 Å². The third-order valence-electron chi connectivity index (χ3n) is 2.70. The number of halogens is 1. The van der Waals surface area contributed by atoms with Crippen LogP contribution in [0.1, 0.15) is 18.4 Å². The molecule has 0 N–H and O–H groups in total. The van der Waals surface area contributed by atoms with E-state index in [1.54, 1.807) is 0 Å². The van der Waals surface area contributed by atoms with Gasteiger partial charge in [-0.2, -0.15) is 0 Å². The highest BCUT2D eigenvalue weighted by atomic mass is 79.9. The van der Waals surface area contributed by atoms with E-state index in [2.05, 4.69) is 33.8 Å². The topological polar surface area (TPSA) is 20.3 Å². The molecule has 14 heavy (non-hydrogen) atoms. The summed E-state index contributed by atoms with van der Waals surface area (Å²) in [5, 5.41) is 0. The van der Waals surface area contributed by atoms with Crippen LogP contribution in [0.5, 0.6) is 0 Å². The molecule has 3 heteroatoms. The van der Waals surface area contributed by atoms with E-state index in [0.29, 0.717) is 0 Å². The molecule has 0 saturated heterocycles. The maximum Gasteiger partial charge on any atom is 0.129 e. The molecule has 2 rings (SSSR count). The minimum atomic E-state index is 0.0283. The number of benzene rings is 1. The van der Waals surface area contributed by atoms with Crippen molar-refractivity contribution in [2.45, 2.75) is 12.8 Å². The van der Waals surface area contributed by atoms with Crippen molar-refractivity contribution in [2.75, 3.05) is 18.0 Å². The number of likely N-dealkylation sites (N-methyl/N-ethyl adjacent to an activating group) is 1. The van der Waals surface area contributed by atoms with Crippen LogP contribution in [0.15, 0.2) is 22.7 Å². The number of rotatable bonds is 2.